The third kappa shape index (κ3) is 4.46. The minimum absolute atomic E-state index is 0.0553. The maximum absolute atomic E-state index is 12.3. The Morgan fingerprint density at radius 2 is 2.17 bits per heavy atom. The first-order valence-corrected chi connectivity index (χ1v) is 10.5. The highest BCUT2D eigenvalue weighted by atomic mass is 32.2. The zero-order valence-corrected chi connectivity index (χ0v) is 17.6. The van der Waals surface area contributed by atoms with Crippen molar-refractivity contribution in [3.05, 3.63) is 59.8 Å². The summed E-state index contributed by atoms with van der Waals surface area (Å²) in [5.74, 6) is 1.01. The summed E-state index contributed by atoms with van der Waals surface area (Å²) < 4.78 is 6.89. The Morgan fingerprint density at radius 3 is 3.00 bits per heavy atom. The second-order valence-corrected chi connectivity index (χ2v) is 7.77. The number of aromatic amines is 1. The Bertz CT molecular complexity index is 1170. The molecule has 0 atom stereocenters. The first-order valence-electron chi connectivity index (χ1n) is 9.53. The van der Waals surface area contributed by atoms with Gasteiger partial charge >= 0.3 is 0 Å². The summed E-state index contributed by atoms with van der Waals surface area (Å²) in [6.45, 7) is 2.57. The van der Waals surface area contributed by atoms with Crippen LogP contribution in [0.4, 0.5) is 0 Å². The molecule has 4 rings (SSSR count). The van der Waals surface area contributed by atoms with Gasteiger partial charge in [0.15, 0.2) is 0 Å². The second-order valence-electron chi connectivity index (χ2n) is 6.83. The third-order valence-electron chi connectivity index (χ3n) is 4.71. The number of methoxy groups -OCH3 is 1. The molecule has 0 aliphatic rings. The molecule has 154 valence electrons. The number of carbonyl (C=O) groups is 1. The van der Waals surface area contributed by atoms with Gasteiger partial charge < -0.3 is 15.0 Å². The number of hydrogen-bond donors (Lipinski definition) is 2. The van der Waals surface area contributed by atoms with Crippen molar-refractivity contribution in [2.24, 2.45) is 0 Å². The Labute approximate surface area is 178 Å². The number of ether oxygens (including phenoxy) is 1. The Hall–Kier alpha value is -3.33. The normalized spacial score (nSPS) is 11.0. The first kappa shape index (κ1) is 20.0. The van der Waals surface area contributed by atoms with Gasteiger partial charge in [0.2, 0.25) is 11.1 Å². The maximum atomic E-state index is 12.3. The topological polar surface area (TPSA) is 97.7 Å². The number of hydrogen-bond acceptors (Lipinski definition) is 6. The monoisotopic (exact) mass is 422 g/mol. The average Bonchev–Trinajstić information content (AvgIpc) is 3.39. The summed E-state index contributed by atoms with van der Waals surface area (Å²) in [6, 6.07) is 13.8. The van der Waals surface area contributed by atoms with Gasteiger partial charge in [0.1, 0.15) is 5.75 Å². The zero-order chi connectivity index (χ0) is 20.9. The van der Waals surface area contributed by atoms with Crippen LogP contribution < -0.4 is 10.1 Å². The fraction of sp³-hybridized carbons (Fsp3) is 0.238. The fourth-order valence-electron chi connectivity index (χ4n) is 3.21. The van der Waals surface area contributed by atoms with E-state index in [1.165, 1.54) is 11.8 Å². The standard InChI is InChI=1S/C21H22N6O2S/c1-14-4-3-5-16(10-14)27-21(24-25-26-27)30-13-20(28)22-9-8-15-12-23-19-11-17(29-2)6-7-18(15)19/h3-7,10-12,23H,8-9,13H2,1-2H3,(H,22,28). The number of carbonyl (C=O) groups excluding carboxylic acids is 1. The number of aryl methyl sites for hydroxylation is 1. The predicted octanol–water partition coefficient (Wildman–Crippen LogP) is 2.91. The van der Waals surface area contributed by atoms with E-state index in [2.05, 4.69) is 25.8 Å². The minimum Gasteiger partial charge on any atom is -0.497 e. The molecule has 0 spiro atoms. The molecule has 8 nitrogen and oxygen atoms in total. The van der Waals surface area contributed by atoms with Crippen molar-refractivity contribution in [2.45, 2.75) is 18.5 Å². The molecule has 0 radical (unpaired) electrons. The summed E-state index contributed by atoms with van der Waals surface area (Å²) in [5, 5.41) is 16.5. The number of benzene rings is 2. The van der Waals surface area contributed by atoms with Gasteiger partial charge in [0.25, 0.3) is 0 Å². The van der Waals surface area contributed by atoms with Crippen LogP contribution in [0.1, 0.15) is 11.1 Å². The van der Waals surface area contributed by atoms with Gasteiger partial charge in [-0.15, -0.1) is 5.10 Å². The van der Waals surface area contributed by atoms with Gasteiger partial charge in [-0.3, -0.25) is 4.79 Å². The molecule has 0 bridgehead atoms. The van der Waals surface area contributed by atoms with Crippen LogP contribution in [0.5, 0.6) is 5.75 Å². The van der Waals surface area contributed by atoms with E-state index in [1.54, 1.807) is 11.8 Å². The Kier molecular flexibility index (Phi) is 5.99. The van der Waals surface area contributed by atoms with Gasteiger partial charge in [0, 0.05) is 29.7 Å². The van der Waals surface area contributed by atoms with E-state index >= 15 is 0 Å². The number of H-pyrrole nitrogens is 1. The lowest BCUT2D eigenvalue weighted by molar-refractivity contribution is -0.118. The van der Waals surface area contributed by atoms with Crippen LogP contribution in [0.25, 0.3) is 16.6 Å². The largest absolute Gasteiger partial charge is 0.497 e. The molecule has 9 heteroatoms. The molecular weight excluding hydrogens is 400 g/mol. The van der Waals surface area contributed by atoms with Crippen molar-refractivity contribution >= 4 is 28.6 Å². The number of fused-ring (bicyclic) bond motifs is 1. The molecule has 2 aromatic heterocycles. The fourth-order valence-corrected chi connectivity index (χ4v) is 3.93. The van der Waals surface area contributed by atoms with Gasteiger partial charge in [-0.2, -0.15) is 4.68 Å². The molecule has 0 fully saturated rings. The molecule has 2 heterocycles. The number of amides is 1. The molecule has 0 aliphatic heterocycles. The number of rotatable bonds is 8. The average molecular weight is 423 g/mol. The van der Waals surface area contributed by atoms with Crippen molar-refractivity contribution in [1.82, 2.24) is 30.5 Å². The molecule has 0 saturated heterocycles. The summed E-state index contributed by atoms with van der Waals surface area (Å²) in [7, 11) is 1.65. The van der Waals surface area contributed by atoms with Crippen LogP contribution in [-0.4, -0.2) is 50.5 Å². The third-order valence-corrected chi connectivity index (χ3v) is 5.63. The number of aromatic nitrogens is 5. The lowest BCUT2D eigenvalue weighted by atomic mass is 10.1. The molecule has 2 N–H and O–H groups in total. The SMILES string of the molecule is COc1ccc2c(CCNC(=O)CSc3nnnn3-c3cccc(C)c3)c[nH]c2c1. The van der Waals surface area contributed by atoms with E-state index in [4.69, 9.17) is 4.74 Å². The molecule has 4 aromatic rings. The molecule has 30 heavy (non-hydrogen) atoms. The molecule has 1 amide bonds. The second kappa shape index (κ2) is 9.00. The smallest absolute Gasteiger partial charge is 0.230 e. The number of nitrogens with one attached hydrogen (secondary N) is 2. The first-order chi connectivity index (χ1) is 14.6. The Balaban J connectivity index is 1.30. The minimum atomic E-state index is -0.0553. The van der Waals surface area contributed by atoms with Crippen LogP contribution in [0.3, 0.4) is 0 Å². The van der Waals surface area contributed by atoms with Gasteiger partial charge in [-0.05, 0) is 59.2 Å². The van der Waals surface area contributed by atoms with E-state index in [0.29, 0.717) is 11.7 Å². The highest BCUT2D eigenvalue weighted by molar-refractivity contribution is 7.99. The van der Waals surface area contributed by atoms with E-state index in [9.17, 15) is 4.79 Å². The van der Waals surface area contributed by atoms with Gasteiger partial charge in [-0.25, -0.2) is 0 Å². The van der Waals surface area contributed by atoms with Crippen LogP contribution >= 0.6 is 11.8 Å². The number of nitrogens with zero attached hydrogens (tertiary/aromatic N) is 4. The molecule has 0 aliphatic carbocycles. The van der Waals surface area contributed by atoms with Crippen LogP contribution in [0.15, 0.2) is 53.8 Å². The van der Waals surface area contributed by atoms with Crippen molar-refractivity contribution in [1.29, 1.82) is 0 Å². The predicted molar refractivity (Wildman–Crippen MR) is 116 cm³/mol. The van der Waals surface area contributed by atoms with E-state index in [-0.39, 0.29) is 11.7 Å². The Morgan fingerprint density at radius 1 is 1.27 bits per heavy atom. The van der Waals surface area contributed by atoms with Gasteiger partial charge in [-0.1, -0.05) is 23.9 Å². The maximum Gasteiger partial charge on any atom is 0.230 e. The van der Waals surface area contributed by atoms with Crippen molar-refractivity contribution in [2.75, 3.05) is 19.4 Å². The zero-order valence-electron chi connectivity index (χ0n) is 16.8. The highest BCUT2D eigenvalue weighted by Gasteiger charge is 2.12. The molecular formula is C21H22N6O2S. The van der Waals surface area contributed by atoms with Crippen molar-refractivity contribution in [3.8, 4) is 11.4 Å². The molecule has 0 saturated carbocycles. The lowest BCUT2D eigenvalue weighted by Gasteiger charge is -2.06. The van der Waals surface area contributed by atoms with E-state index < -0.39 is 0 Å². The van der Waals surface area contributed by atoms with Crippen LogP contribution in [0, 0.1) is 6.92 Å². The number of thioether (sulfide) groups is 1. The number of tetrazole rings is 1. The molecule has 2 aromatic carbocycles. The van der Waals surface area contributed by atoms with Crippen LogP contribution in [-0.2, 0) is 11.2 Å². The summed E-state index contributed by atoms with van der Waals surface area (Å²) in [4.78, 5) is 15.5. The summed E-state index contributed by atoms with van der Waals surface area (Å²) in [6.07, 6.45) is 2.71. The highest BCUT2D eigenvalue weighted by Crippen LogP contribution is 2.23. The van der Waals surface area contributed by atoms with Crippen LogP contribution in [0.2, 0.25) is 0 Å². The van der Waals surface area contributed by atoms with Crippen molar-refractivity contribution in [3.63, 3.8) is 0 Å². The quantitative estimate of drug-likeness (QED) is 0.424. The summed E-state index contributed by atoms with van der Waals surface area (Å²) >= 11 is 1.31. The van der Waals surface area contributed by atoms with Gasteiger partial charge in [0.05, 0.1) is 18.6 Å². The lowest BCUT2D eigenvalue weighted by Crippen LogP contribution is -2.27. The van der Waals surface area contributed by atoms with E-state index in [0.717, 1.165) is 39.9 Å². The molecule has 0 unspecified atom stereocenters. The van der Waals surface area contributed by atoms with Crippen molar-refractivity contribution < 1.29 is 9.53 Å². The summed E-state index contributed by atoms with van der Waals surface area (Å²) in [5.41, 5.74) is 4.17. The van der Waals surface area contributed by atoms with E-state index in [1.807, 2.05) is 55.6 Å².